The molecule has 1 fully saturated rings. The first-order chi connectivity index (χ1) is 17.3. The molecular weight excluding hydrogens is 521 g/mol. The number of amides is 2. The Hall–Kier alpha value is -3.13. The fraction of sp³-hybridized carbons (Fsp3) is 0.231. The van der Waals surface area contributed by atoms with E-state index in [1.807, 2.05) is 17.0 Å². The van der Waals surface area contributed by atoms with Gasteiger partial charge in [0.25, 0.3) is 0 Å². The summed E-state index contributed by atoms with van der Waals surface area (Å²) in [6, 6.07) is 13.5. The summed E-state index contributed by atoms with van der Waals surface area (Å²) in [5, 5.41) is 4.49. The van der Waals surface area contributed by atoms with Gasteiger partial charge in [0.1, 0.15) is 11.9 Å². The minimum Gasteiger partial charge on any atom is -0.369 e. The number of benzene rings is 2. The number of primary amides is 1. The van der Waals surface area contributed by atoms with Crippen LogP contribution in [0, 0.1) is 5.92 Å². The molecule has 184 valence electrons. The maximum Gasteiger partial charge on any atom is 0.249 e. The summed E-state index contributed by atoms with van der Waals surface area (Å²) in [4.78, 5) is 36.2. The van der Waals surface area contributed by atoms with Crippen LogP contribution in [0.4, 0.5) is 11.5 Å². The van der Waals surface area contributed by atoms with Crippen LogP contribution in [0.5, 0.6) is 0 Å². The van der Waals surface area contributed by atoms with Gasteiger partial charge in [-0.05, 0) is 54.4 Å². The number of hydrogen-bond acceptors (Lipinski definition) is 5. The van der Waals surface area contributed by atoms with Crippen molar-refractivity contribution >= 4 is 63.8 Å². The van der Waals surface area contributed by atoms with E-state index in [9.17, 15) is 9.59 Å². The van der Waals surface area contributed by atoms with E-state index in [0.717, 1.165) is 16.9 Å². The van der Waals surface area contributed by atoms with Crippen LogP contribution < -0.4 is 16.0 Å². The van der Waals surface area contributed by atoms with Crippen molar-refractivity contribution < 1.29 is 9.59 Å². The molecule has 2 aliphatic rings. The summed E-state index contributed by atoms with van der Waals surface area (Å²) >= 11 is 18.7. The lowest BCUT2D eigenvalue weighted by atomic mass is 10.0. The lowest BCUT2D eigenvalue weighted by Gasteiger charge is -2.18. The van der Waals surface area contributed by atoms with Crippen LogP contribution in [0.25, 0.3) is 0 Å². The number of nitrogens with zero attached hydrogens (tertiary/aromatic N) is 3. The fourth-order valence-electron chi connectivity index (χ4n) is 4.50. The second kappa shape index (κ2) is 10.1. The SMILES string of the molecule is NC(=O)C1CCN(c2ccc(C3=NC(Cc4ccc(Cl)cc4Cl)C(=O)Nc4ccc(Cl)cc43)cn2)C1. The van der Waals surface area contributed by atoms with Crippen molar-refractivity contribution in [2.24, 2.45) is 16.6 Å². The molecule has 2 unspecified atom stereocenters. The first-order valence-electron chi connectivity index (χ1n) is 11.4. The van der Waals surface area contributed by atoms with Gasteiger partial charge in [0.05, 0.1) is 17.3 Å². The lowest BCUT2D eigenvalue weighted by molar-refractivity contribution is -0.121. The summed E-state index contributed by atoms with van der Waals surface area (Å²) in [5.41, 5.74) is 8.87. The molecule has 2 aromatic carbocycles. The van der Waals surface area contributed by atoms with Gasteiger partial charge in [0, 0.05) is 51.9 Å². The summed E-state index contributed by atoms with van der Waals surface area (Å²) in [5.74, 6) is 0.0316. The molecule has 36 heavy (non-hydrogen) atoms. The van der Waals surface area contributed by atoms with Crippen molar-refractivity contribution in [2.75, 3.05) is 23.3 Å². The van der Waals surface area contributed by atoms with E-state index >= 15 is 0 Å². The standard InChI is InChI=1S/C26H22Cl3N5O2/c27-17-4-5-21-19(10-17)24(15-2-6-23(31-12-15)34-8-7-16(13-34)25(30)35)32-22(26(36)33-21)9-14-1-3-18(28)11-20(14)29/h1-6,10-12,16,22H,7-9,13H2,(H2,30,35)(H,33,36). The van der Waals surface area contributed by atoms with E-state index in [0.29, 0.717) is 58.0 Å². The smallest absolute Gasteiger partial charge is 0.249 e. The van der Waals surface area contributed by atoms with Gasteiger partial charge in [0.15, 0.2) is 0 Å². The van der Waals surface area contributed by atoms with Crippen LogP contribution in [-0.4, -0.2) is 41.6 Å². The van der Waals surface area contributed by atoms with Crippen LogP contribution in [0.1, 0.15) is 23.1 Å². The Kier molecular flexibility index (Phi) is 6.88. The minimum atomic E-state index is -0.737. The van der Waals surface area contributed by atoms with E-state index in [-0.39, 0.29) is 17.7 Å². The van der Waals surface area contributed by atoms with Gasteiger partial charge >= 0.3 is 0 Å². The molecule has 5 rings (SSSR count). The van der Waals surface area contributed by atoms with E-state index < -0.39 is 6.04 Å². The second-order valence-electron chi connectivity index (χ2n) is 8.85. The maximum absolute atomic E-state index is 13.2. The van der Waals surface area contributed by atoms with Crippen molar-refractivity contribution in [2.45, 2.75) is 18.9 Å². The molecule has 2 atom stereocenters. The van der Waals surface area contributed by atoms with Gasteiger partial charge < -0.3 is 16.0 Å². The third kappa shape index (κ3) is 5.05. The molecule has 3 aromatic rings. The van der Waals surface area contributed by atoms with Crippen molar-refractivity contribution in [3.63, 3.8) is 0 Å². The third-order valence-corrected chi connectivity index (χ3v) is 7.27. The first-order valence-corrected chi connectivity index (χ1v) is 12.5. The largest absolute Gasteiger partial charge is 0.369 e. The van der Waals surface area contributed by atoms with E-state index in [1.54, 1.807) is 42.6 Å². The molecule has 0 bridgehead atoms. The van der Waals surface area contributed by atoms with Gasteiger partial charge in [-0.3, -0.25) is 14.6 Å². The van der Waals surface area contributed by atoms with E-state index in [4.69, 9.17) is 45.5 Å². The van der Waals surface area contributed by atoms with Gasteiger partial charge in [-0.1, -0.05) is 40.9 Å². The Balaban J connectivity index is 1.51. The summed E-state index contributed by atoms with van der Waals surface area (Å²) in [7, 11) is 0. The highest BCUT2D eigenvalue weighted by Gasteiger charge is 2.29. The number of rotatable bonds is 5. The number of aromatic nitrogens is 1. The summed E-state index contributed by atoms with van der Waals surface area (Å²) in [6.45, 7) is 1.26. The third-order valence-electron chi connectivity index (χ3n) is 6.45. The van der Waals surface area contributed by atoms with Crippen molar-refractivity contribution in [1.29, 1.82) is 0 Å². The number of benzodiazepines with no additional fused rings is 1. The predicted molar refractivity (Wildman–Crippen MR) is 143 cm³/mol. The fourth-order valence-corrected chi connectivity index (χ4v) is 5.16. The number of fused-ring (bicyclic) bond motifs is 1. The van der Waals surface area contributed by atoms with Crippen LogP contribution in [0.3, 0.4) is 0 Å². The second-order valence-corrected chi connectivity index (χ2v) is 10.1. The lowest BCUT2D eigenvalue weighted by Crippen LogP contribution is -2.28. The highest BCUT2D eigenvalue weighted by molar-refractivity contribution is 6.35. The number of nitrogens with one attached hydrogen (secondary N) is 1. The Morgan fingerprint density at radius 3 is 2.56 bits per heavy atom. The van der Waals surface area contributed by atoms with Gasteiger partial charge in [0.2, 0.25) is 11.8 Å². The van der Waals surface area contributed by atoms with Crippen molar-refractivity contribution in [3.05, 3.63) is 86.5 Å². The monoisotopic (exact) mass is 541 g/mol. The van der Waals surface area contributed by atoms with E-state index in [2.05, 4.69) is 10.3 Å². The highest BCUT2D eigenvalue weighted by Crippen LogP contribution is 2.30. The van der Waals surface area contributed by atoms with Gasteiger partial charge in [-0.2, -0.15) is 0 Å². The van der Waals surface area contributed by atoms with E-state index in [1.165, 1.54) is 0 Å². The average Bonchev–Trinajstić information content (AvgIpc) is 3.30. The Labute approximate surface area is 223 Å². The minimum absolute atomic E-state index is 0.177. The number of carbonyl (C=O) groups excluding carboxylic acids is 2. The predicted octanol–water partition coefficient (Wildman–Crippen LogP) is 4.75. The molecule has 0 spiro atoms. The average molecular weight is 543 g/mol. The van der Waals surface area contributed by atoms with Crippen LogP contribution in [0.15, 0.2) is 59.7 Å². The van der Waals surface area contributed by atoms with Crippen molar-refractivity contribution in [3.8, 4) is 0 Å². The zero-order chi connectivity index (χ0) is 25.4. The topological polar surface area (TPSA) is 101 Å². The Morgan fingerprint density at radius 2 is 1.86 bits per heavy atom. The quantitative estimate of drug-likeness (QED) is 0.486. The van der Waals surface area contributed by atoms with Crippen LogP contribution in [-0.2, 0) is 16.0 Å². The zero-order valence-electron chi connectivity index (χ0n) is 19.0. The number of carbonyl (C=O) groups is 2. The Bertz CT molecular complexity index is 1380. The van der Waals surface area contributed by atoms with Crippen LogP contribution in [0.2, 0.25) is 15.1 Å². The van der Waals surface area contributed by atoms with Gasteiger partial charge in [-0.25, -0.2) is 4.98 Å². The number of aliphatic imine (C=N–C) groups is 1. The normalized spacial score (nSPS) is 19.4. The highest BCUT2D eigenvalue weighted by atomic mass is 35.5. The number of halogens is 3. The molecule has 10 heteroatoms. The zero-order valence-corrected chi connectivity index (χ0v) is 21.3. The maximum atomic E-state index is 13.2. The number of pyridine rings is 1. The number of anilines is 2. The molecule has 7 nitrogen and oxygen atoms in total. The molecule has 0 saturated carbocycles. The molecule has 2 aliphatic heterocycles. The van der Waals surface area contributed by atoms with Crippen molar-refractivity contribution in [1.82, 2.24) is 4.98 Å². The first kappa shape index (κ1) is 24.6. The molecule has 1 aromatic heterocycles. The molecular formula is C26H22Cl3N5O2. The summed E-state index contributed by atoms with van der Waals surface area (Å²) < 4.78 is 0. The van der Waals surface area contributed by atoms with Gasteiger partial charge in [-0.15, -0.1) is 0 Å². The molecule has 3 heterocycles. The molecule has 3 N–H and O–H groups in total. The number of nitrogens with two attached hydrogens (primary N) is 1. The molecule has 1 saturated heterocycles. The molecule has 0 radical (unpaired) electrons. The molecule has 2 amide bonds. The van der Waals surface area contributed by atoms with Crippen LogP contribution >= 0.6 is 34.8 Å². The summed E-state index contributed by atoms with van der Waals surface area (Å²) in [6.07, 6.45) is 2.72. The number of hydrogen-bond donors (Lipinski definition) is 2. The molecule has 0 aliphatic carbocycles. The Morgan fingerprint density at radius 1 is 1.08 bits per heavy atom.